The Morgan fingerprint density at radius 2 is 0.780 bits per heavy atom. The molecule has 11 rings (SSSR count). The average molecular weight is 643 g/mol. The van der Waals surface area contributed by atoms with Crippen LogP contribution in [0.15, 0.2) is 142 Å². The number of rotatable bonds is 2. The van der Waals surface area contributed by atoms with Crippen molar-refractivity contribution >= 4 is 43.9 Å². The van der Waals surface area contributed by atoms with E-state index in [-0.39, 0.29) is 10.8 Å². The van der Waals surface area contributed by atoms with Gasteiger partial charge in [0.15, 0.2) is 0 Å². The molecule has 2 aliphatic rings. The van der Waals surface area contributed by atoms with Crippen LogP contribution in [0.1, 0.15) is 49.9 Å². The highest BCUT2D eigenvalue weighted by Crippen LogP contribution is 2.63. The molecule has 238 valence electrons. The molecule has 0 saturated heterocycles. The normalized spacial score (nSPS) is 15.1. The second kappa shape index (κ2) is 9.43. The van der Waals surface area contributed by atoms with Crippen LogP contribution in [-0.4, -0.2) is 0 Å². The average Bonchev–Trinajstić information content (AvgIpc) is 3.84. The van der Waals surface area contributed by atoms with Crippen LogP contribution in [0.4, 0.5) is 0 Å². The zero-order valence-corrected chi connectivity index (χ0v) is 28.5. The third-order valence-corrected chi connectivity index (χ3v) is 11.8. The lowest BCUT2D eigenvalue weighted by molar-refractivity contribution is 0.600. The van der Waals surface area contributed by atoms with Crippen LogP contribution in [0, 0.1) is 0 Å². The second-order valence-corrected chi connectivity index (χ2v) is 15.2. The van der Waals surface area contributed by atoms with E-state index in [4.69, 9.17) is 8.83 Å². The molecule has 0 radical (unpaired) electrons. The summed E-state index contributed by atoms with van der Waals surface area (Å²) in [6, 6.07) is 48.2. The largest absolute Gasteiger partial charge is 0.455 e. The maximum absolute atomic E-state index is 6.88. The molecule has 0 bridgehead atoms. The highest BCUT2D eigenvalue weighted by atomic mass is 16.3. The lowest BCUT2D eigenvalue weighted by Crippen LogP contribution is -2.24. The third-order valence-electron chi connectivity index (χ3n) is 11.8. The molecule has 2 heteroatoms. The van der Waals surface area contributed by atoms with Gasteiger partial charge in [-0.3, -0.25) is 0 Å². The van der Waals surface area contributed by atoms with Crippen LogP contribution in [-0.2, 0) is 10.8 Å². The Morgan fingerprint density at radius 1 is 0.400 bits per heavy atom. The van der Waals surface area contributed by atoms with Crippen molar-refractivity contribution in [3.05, 3.63) is 156 Å². The van der Waals surface area contributed by atoms with Gasteiger partial charge < -0.3 is 8.83 Å². The van der Waals surface area contributed by atoms with Crippen molar-refractivity contribution in [1.29, 1.82) is 0 Å². The van der Waals surface area contributed by atoms with E-state index in [1.54, 1.807) is 0 Å². The summed E-state index contributed by atoms with van der Waals surface area (Å²) < 4.78 is 13.8. The lowest BCUT2D eigenvalue weighted by atomic mass is 9.72. The first kappa shape index (κ1) is 28.0. The summed E-state index contributed by atoms with van der Waals surface area (Å²) in [5.74, 6) is 0. The van der Waals surface area contributed by atoms with Crippen molar-refractivity contribution in [1.82, 2.24) is 0 Å². The Kier molecular flexibility index (Phi) is 5.28. The fourth-order valence-corrected chi connectivity index (χ4v) is 9.60. The molecule has 2 aromatic heterocycles. The zero-order valence-electron chi connectivity index (χ0n) is 28.5. The zero-order chi connectivity index (χ0) is 33.5. The van der Waals surface area contributed by atoms with Crippen LogP contribution in [0.2, 0.25) is 0 Å². The van der Waals surface area contributed by atoms with E-state index in [9.17, 15) is 0 Å². The molecule has 2 aliphatic carbocycles. The maximum atomic E-state index is 6.88. The van der Waals surface area contributed by atoms with Crippen LogP contribution >= 0.6 is 0 Å². The Hall–Kier alpha value is -5.86. The van der Waals surface area contributed by atoms with E-state index in [0.29, 0.717) is 0 Å². The summed E-state index contributed by atoms with van der Waals surface area (Å²) in [7, 11) is 0. The molecule has 0 spiro atoms. The summed E-state index contributed by atoms with van der Waals surface area (Å²) in [4.78, 5) is 0. The molecule has 9 aromatic rings. The van der Waals surface area contributed by atoms with E-state index in [1.165, 1.54) is 77.5 Å². The number of hydrogen-bond donors (Lipinski definition) is 0. The molecule has 50 heavy (non-hydrogen) atoms. The maximum Gasteiger partial charge on any atom is 0.144 e. The second-order valence-electron chi connectivity index (χ2n) is 15.2. The molecule has 0 fully saturated rings. The van der Waals surface area contributed by atoms with Crippen molar-refractivity contribution in [2.24, 2.45) is 0 Å². The fraction of sp³-hybridized carbons (Fsp3) is 0.125. The van der Waals surface area contributed by atoms with Crippen molar-refractivity contribution in [3.63, 3.8) is 0 Å². The van der Waals surface area contributed by atoms with Gasteiger partial charge in [0, 0.05) is 43.5 Å². The monoisotopic (exact) mass is 642 g/mol. The first-order valence-corrected chi connectivity index (χ1v) is 17.6. The van der Waals surface area contributed by atoms with Crippen LogP contribution in [0.5, 0.6) is 0 Å². The van der Waals surface area contributed by atoms with Gasteiger partial charge in [-0.1, -0.05) is 137 Å². The first-order valence-electron chi connectivity index (χ1n) is 17.6. The van der Waals surface area contributed by atoms with Crippen LogP contribution in [0.3, 0.4) is 0 Å². The molecule has 0 atom stereocenters. The molecule has 2 heterocycles. The summed E-state index contributed by atoms with van der Waals surface area (Å²) in [5.41, 5.74) is 18.5. The first-order chi connectivity index (χ1) is 24.3. The lowest BCUT2D eigenvalue weighted by Gasteiger charge is -2.31. The molecule has 2 nitrogen and oxygen atoms in total. The van der Waals surface area contributed by atoms with Crippen LogP contribution < -0.4 is 0 Å². The fourth-order valence-electron chi connectivity index (χ4n) is 9.60. The van der Waals surface area contributed by atoms with E-state index >= 15 is 0 Å². The van der Waals surface area contributed by atoms with Crippen molar-refractivity contribution in [2.75, 3.05) is 0 Å². The van der Waals surface area contributed by atoms with Gasteiger partial charge in [0.25, 0.3) is 0 Å². The Morgan fingerprint density at radius 3 is 1.20 bits per heavy atom. The molecule has 7 aromatic carbocycles. The number of furan rings is 2. The number of benzene rings is 7. The molecular formula is C48H34O2. The van der Waals surface area contributed by atoms with Crippen molar-refractivity contribution in [2.45, 2.75) is 38.5 Å². The van der Waals surface area contributed by atoms with E-state index in [1.807, 2.05) is 0 Å². The van der Waals surface area contributed by atoms with Gasteiger partial charge in [-0.2, -0.15) is 0 Å². The third kappa shape index (κ3) is 3.39. The van der Waals surface area contributed by atoms with E-state index in [0.717, 1.165) is 33.1 Å². The summed E-state index contributed by atoms with van der Waals surface area (Å²) in [6.45, 7) is 9.64. The Labute approximate surface area is 290 Å². The van der Waals surface area contributed by atoms with E-state index in [2.05, 4.69) is 161 Å². The number of hydrogen-bond acceptors (Lipinski definition) is 2. The van der Waals surface area contributed by atoms with E-state index < -0.39 is 0 Å². The minimum absolute atomic E-state index is 0.277. The van der Waals surface area contributed by atoms with Gasteiger partial charge in [-0.15, -0.1) is 0 Å². The summed E-state index contributed by atoms with van der Waals surface area (Å²) >= 11 is 0. The quantitative estimate of drug-likeness (QED) is 0.188. The van der Waals surface area contributed by atoms with Gasteiger partial charge in [-0.05, 0) is 79.9 Å². The molecule has 0 aliphatic heterocycles. The van der Waals surface area contributed by atoms with Crippen LogP contribution in [0.25, 0.3) is 88.4 Å². The van der Waals surface area contributed by atoms with Gasteiger partial charge in [0.1, 0.15) is 22.3 Å². The molecule has 0 unspecified atom stereocenters. The molecule has 0 amide bonds. The summed E-state index contributed by atoms with van der Waals surface area (Å²) in [5, 5.41) is 4.69. The molecule has 0 N–H and O–H groups in total. The minimum atomic E-state index is -0.277. The number of para-hydroxylation sites is 2. The topological polar surface area (TPSA) is 26.3 Å². The highest BCUT2D eigenvalue weighted by Gasteiger charge is 2.48. The standard InChI is InChI=1S/C48H34O2/c1-47(2)35-25-33(27-15-7-5-8-16-27)39-29-19-11-13-21-37(29)49-45(39)41(35)31-23-24-32-42-36(48(3,4)44(32)43(31)47)26-34(28-17-9-6-10-18-28)40-30-20-12-14-22-38(30)50-46(40)42/h5-26H,1-4H3. The van der Waals surface area contributed by atoms with Crippen molar-refractivity contribution < 1.29 is 8.83 Å². The molecule has 0 saturated carbocycles. The SMILES string of the molecule is CC1(C)c2cc(-c3ccccc3)c3c(oc4ccccc43)c2-c2ccc3c(c21)C(C)(C)c1cc(-c2ccccc2)c2c(oc4ccccc42)c1-3. The summed E-state index contributed by atoms with van der Waals surface area (Å²) in [6.07, 6.45) is 0. The van der Waals surface area contributed by atoms with Gasteiger partial charge in [0.2, 0.25) is 0 Å². The molecular weight excluding hydrogens is 609 g/mol. The predicted molar refractivity (Wildman–Crippen MR) is 207 cm³/mol. The number of fused-ring (bicyclic) bond motifs is 15. The minimum Gasteiger partial charge on any atom is -0.455 e. The Balaban J connectivity index is 1.25. The van der Waals surface area contributed by atoms with Gasteiger partial charge in [0.05, 0.1) is 0 Å². The predicted octanol–water partition coefficient (Wildman–Crippen LogP) is 13.4. The van der Waals surface area contributed by atoms with Gasteiger partial charge >= 0.3 is 0 Å². The smallest absolute Gasteiger partial charge is 0.144 e. The highest BCUT2D eigenvalue weighted by molar-refractivity contribution is 6.20. The Bertz CT molecular complexity index is 2700. The van der Waals surface area contributed by atoms with Crippen molar-refractivity contribution in [3.8, 4) is 44.5 Å². The van der Waals surface area contributed by atoms with Gasteiger partial charge in [-0.25, -0.2) is 0 Å².